The number of alkyl halides is 2. The van der Waals surface area contributed by atoms with Crippen molar-refractivity contribution in [2.75, 3.05) is 6.61 Å². The Bertz CT molecular complexity index is 338. The van der Waals surface area contributed by atoms with Gasteiger partial charge in [-0.2, -0.15) is 0 Å². The Labute approximate surface area is 87.2 Å². The number of benzene rings is 1. The molecule has 0 saturated carbocycles. The standard InChI is InChI=1S/C11H14F2O2/c1-7-5-8(3-2-4-14)6-9(10(7)15)11(12)13/h5-6,11,14-15H,2-4H2,1H3. The molecule has 1 rings (SSSR count). The molecule has 0 heterocycles. The molecular formula is C11H14F2O2. The minimum atomic E-state index is -2.67. The quantitative estimate of drug-likeness (QED) is 0.812. The smallest absolute Gasteiger partial charge is 0.267 e. The molecule has 0 unspecified atom stereocenters. The number of aryl methyl sites for hydroxylation is 2. The van der Waals surface area contributed by atoms with Gasteiger partial charge in [0.05, 0.1) is 5.56 Å². The van der Waals surface area contributed by atoms with E-state index in [1.807, 2.05) is 0 Å². The maximum absolute atomic E-state index is 12.5. The largest absolute Gasteiger partial charge is 0.507 e. The maximum atomic E-state index is 12.5. The monoisotopic (exact) mass is 216 g/mol. The third-order valence-electron chi connectivity index (χ3n) is 2.25. The zero-order valence-corrected chi connectivity index (χ0v) is 8.50. The molecule has 1 aromatic carbocycles. The van der Waals surface area contributed by atoms with Gasteiger partial charge in [0, 0.05) is 6.61 Å². The zero-order chi connectivity index (χ0) is 11.4. The van der Waals surface area contributed by atoms with Crippen molar-refractivity contribution < 1.29 is 19.0 Å². The van der Waals surface area contributed by atoms with E-state index in [1.54, 1.807) is 13.0 Å². The van der Waals surface area contributed by atoms with E-state index in [0.29, 0.717) is 18.4 Å². The van der Waals surface area contributed by atoms with Crippen molar-refractivity contribution in [3.05, 3.63) is 28.8 Å². The molecule has 0 radical (unpaired) electrons. The van der Waals surface area contributed by atoms with Crippen molar-refractivity contribution in [3.8, 4) is 5.75 Å². The normalized spacial score (nSPS) is 11.0. The van der Waals surface area contributed by atoms with Crippen LogP contribution in [-0.2, 0) is 6.42 Å². The van der Waals surface area contributed by atoms with Gasteiger partial charge in [-0.05, 0) is 37.0 Å². The first-order valence-corrected chi connectivity index (χ1v) is 4.77. The summed E-state index contributed by atoms with van der Waals surface area (Å²) in [6, 6.07) is 2.96. The molecule has 0 bridgehead atoms. The minimum absolute atomic E-state index is 0.0317. The fourth-order valence-electron chi connectivity index (χ4n) is 1.48. The van der Waals surface area contributed by atoms with E-state index in [2.05, 4.69) is 0 Å². The number of aliphatic hydroxyl groups excluding tert-OH is 1. The van der Waals surface area contributed by atoms with Crippen molar-refractivity contribution in [2.24, 2.45) is 0 Å². The fourth-order valence-corrected chi connectivity index (χ4v) is 1.48. The predicted octanol–water partition coefficient (Wildman–Crippen LogP) is 2.56. The highest BCUT2D eigenvalue weighted by atomic mass is 19.3. The first-order valence-electron chi connectivity index (χ1n) is 4.77. The minimum Gasteiger partial charge on any atom is -0.507 e. The van der Waals surface area contributed by atoms with Crippen LogP contribution in [-0.4, -0.2) is 16.8 Å². The third kappa shape index (κ3) is 2.89. The van der Waals surface area contributed by atoms with E-state index in [4.69, 9.17) is 5.11 Å². The fraction of sp³-hybridized carbons (Fsp3) is 0.455. The summed E-state index contributed by atoms with van der Waals surface area (Å²) in [5.74, 6) is -0.335. The van der Waals surface area contributed by atoms with Crippen LogP contribution in [0.3, 0.4) is 0 Å². The first kappa shape index (κ1) is 11.9. The summed E-state index contributed by atoms with van der Waals surface area (Å²) in [4.78, 5) is 0. The molecule has 0 aliphatic carbocycles. The Morgan fingerprint density at radius 3 is 2.53 bits per heavy atom. The molecule has 0 amide bonds. The average molecular weight is 216 g/mol. The number of phenols is 1. The number of aliphatic hydroxyl groups is 1. The number of aromatic hydroxyl groups is 1. The van der Waals surface area contributed by atoms with Gasteiger partial charge in [0.1, 0.15) is 5.75 Å². The highest BCUT2D eigenvalue weighted by molar-refractivity contribution is 5.43. The van der Waals surface area contributed by atoms with Gasteiger partial charge in [0.15, 0.2) is 0 Å². The van der Waals surface area contributed by atoms with Crippen molar-refractivity contribution in [1.82, 2.24) is 0 Å². The van der Waals surface area contributed by atoms with Crippen LogP contribution < -0.4 is 0 Å². The van der Waals surface area contributed by atoms with Crippen LogP contribution in [0.4, 0.5) is 8.78 Å². The summed E-state index contributed by atoms with van der Waals surface area (Å²) >= 11 is 0. The van der Waals surface area contributed by atoms with Crippen LogP contribution in [0.15, 0.2) is 12.1 Å². The van der Waals surface area contributed by atoms with E-state index in [-0.39, 0.29) is 17.9 Å². The second-order valence-corrected chi connectivity index (χ2v) is 3.48. The lowest BCUT2D eigenvalue weighted by Crippen LogP contribution is -1.95. The Kier molecular flexibility index (Phi) is 4.03. The van der Waals surface area contributed by atoms with Gasteiger partial charge in [-0.3, -0.25) is 0 Å². The Morgan fingerprint density at radius 1 is 1.33 bits per heavy atom. The molecule has 4 heteroatoms. The van der Waals surface area contributed by atoms with Gasteiger partial charge < -0.3 is 10.2 Å². The van der Waals surface area contributed by atoms with Crippen molar-refractivity contribution >= 4 is 0 Å². The Morgan fingerprint density at radius 2 is 2.00 bits per heavy atom. The molecule has 2 N–H and O–H groups in total. The molecule has 0 spiro atoms. The van der Waals surface area contributed by atoms with Gasteiger partial charge >= 0.3 is 0 Å². The van der Waals surface area contributed by atoms with Gasteiger partial charge in [-0.15, -0.1) is 0 Å². The summed E-state index contributed by atoms with van der Waals surface area (Å²) in [7, 11) is 0. The van der Waals surface area contributed by atoms with Crippen molar-refractivity contribution in [2.45, 2.75) is 26.2 Å². The molecule has 0 fully saturated rings. The van der Waals surface area contributed by atoms with Crippen LogP contribution >= 0.6 is 0 Å². The average Bonchev–Trinajstić information content (AvgIpc) is 2.19. The molecule has 0 aliphatic rings. The van der Waals surface area contributed by atoms with E-state index in [0.717, 1.165) is 5.56 Å². The van der Waals surface area contributed by atoms with Crippen LogP contribution in [0, 0.1) is 6.92 Å². The molecule has 0 aromatic heterocycles. The topological polar surface area (TPSA) is 40.5 Å². The highest BCUT2D eigenvalue weighted by Crippen LogP contribution is 2.32. The lowest BCUT2D eigenvalue weighted by atomic mass is 10.0. The van der Waals surface area contributed by atoms with Crippen LogP contribution in [0.2, 0.25) is 0 Å². The van der Waals surface area contributed by atoms with E-state index < -0.39 is 6.43 Å². The molecule has 2 nitrogen and oxygen atoms in total. The molecule has 15 heavy (non-hydrogen) atoms. The maximum Gasteiger partial charge on any atom is 0.267 e. The molecule has 1 aromatic rings. The molecule has 84 valence electrons. The van der Waals surface area contributed by atoms with Crippen molar-refractivity contribution in [3.63, 3.8) is 0 Å². The number of phenolic OH excluding ortho intramolecular Hbond substituents is 1. The zero-order valence-electron chi connectivity index (χ0n) is 8.50. The van der Waals surface area contributed by atoms with Gasteiger partial charge in [0.2, 0.25) is 0 Å². The molecule has 0 aliphatic heterocycles. The number of hydrogen-bond donors (Lipinski definition) is 2. The lowest BCUT2D eigenvalue weighted by Gasteiger charge is -2.09. The summed E-state index contributed by atoms with van der Waals surface area (Å²) in [5, 5.41) is 18.0. The molecular weight excluding hydrogens is 202 g/mol. The van der Waals surface area contributed by atoms with E-state index in [1.165, 1.54) is 6.07 Å². The second kappa shape index (κ2) is 5.07. The summed E-state index contributed by atoms with van der Waals surface area (Å²) < 4.78 is 25.0. The SMILES string of the molecule is Cc1cc(CCCO)cc(C(F)F)c1O. The Hall–Kier alpha value is -1.16. The van der Waals surface area contributed by atoms with Gasteiger partial charge in [-0.1, -0.05) is 6.07 Å². The number of halogens is 2. The lowest BCUT2D eigenvalue weighted by molar-refractivity contribution is 0.147. The van der Waals surface area contributed by atoms with Crippen LogP contribution in [0.25, 0.3) is 0 Å². The van der Waals surface area contributed by atoms with E-state index in [9.17, 15) is 13.9 Å². The predicted molar refractivity (Wildman–Crippen MR) is 53.2 cm³/mol. The molecule has 0 atom stereocenters. The highest BCUT2D eigenvalue weighted by Gasteiger charge is 2.15. The summed E-state index contributed by atoms with van der Waals surface area (Å²) in [6.07, 6.45) is -1.60. The van der Waals surface area contributed by atoms with Gasteiger partial charge in [-0.25, -0.2) is 8.78 Å². The third-order valence-corrected chi connectivity index (χ3v) is 2.25. The number of rotatable bonds is 4. The molecule has 0 saturated heterocycles. The first-order chi connectivity index (χ1) is 7.06. The van der Waals surface area contributed by atoms with Crippen molar-refractivity contribution in [1.29, 1.82) is 0 Å². The second-order valence-electron chi connectivity index (χ2n) is 3.48. The Balaban J connectivity index is 3.00. The van der Waals surface area contributed by atoms with Crippen LogP contribution in [0.5, 0.6) is 5.75 Å². The summed E-state index contributed by atoms with van der Waals surface area (Å²) in [5.41, 5.74) is 0.832. The summed E-state index contributed by atoms with van der Waals surface area (Å²) in [6.45, 7) is 1.62. The number of hydrogen-bond acceptors (Lipinski definition) is 2. The van der Waals surface area contributed by atoms with Crippen LogP contribution in [0.1, 0.15) is 29.5 Å². The van der Waals surface area contributed by atoms with E-state index >= 15 is 0 Å². The van der Waals surface area contributed by atoms with Gasteiger partial charge in [0.25, 0.3) is 6.43 Å².